The first-order valence-electron chi connectivity index (χ1n) is 14.7. The minimum absolute atomic E-state index is 0.0246. The van der Waals surface area contributed by atoms with Crippen LogP contribution in [0.3, 0.4) is 0 Å². The van der Waals surface area contributed by atoms with Crippen molar-refractivity contribution in [2.75, 3.05) is 25.0 Å². The summed E-state index contributed by atoms with van der Waals surface area (Å²) in [4.78, 5) is 40.9. The van der Waals surface area contributed by atoms with Gasteiger partial charge in [0.15, 0.2) is 5.78 Å². The molecule has 1 spiro atoms. The molecule has 4 heterocycles. The summed E-state index contributed by atoms with van der Waals surface area (Å²) in [5.74, 6) is 0.642. The molecule has 0 bridgehead atoms. The molecule has 0 radical (unpaired) electrons. The number of carbonyl (C=O) groups is 3. The molecule has 222 valence electrons. The fourth-order valence-electron chi connectivity index (χ4n) is 6.35. The zero-order valence-electron chi connectivity index (χ0n) is 24.1. The Bertz CT molecular complexity index is 1780. The van der Waals surface area contributed by atoms with Gasteiger partial charge in [-0.05, 0) is 50.1 Å². The summed E-state index contributed by atoms with van der Waals surface area (Å²) in [7, 11) is 1.84. The molecule has 11 nitrogen and oxygen atoms in total. The Morgan fingerprint density at radius 1 is 1.16 bits per heavy atom. The van der Waals surface area contributed by atoms with Gasteiger partial charge in [0, 0.05) is 62.5 Å². The molecule has 4 aromatic rings. The Hall–Kier alpha value is -4.80. The third-order valence-corrected chi connectivity index (χ3v) is 8.76. The predicted molar refractivity (Wildman–Crippen MR) is 159 cm³/mol. The fourth-order valence-corrected chi connectivity index (χ4v) is 6.35. The molecule has 2 aromatic carbocycles. The number of aromatic nitrogens is 3. The molecular formula is C32H33N5O6. The third kappa shape index (κ3) is 4.78. The average molecular weight is 584 g/mol. The summed E-state index contributed by atoms with van der Waals surface area (Å²) >= 11 is 0. The van der Waals surface area contributed by atoms with E-state index in [0.29, 0.717) is 66.1 Å². The maximum atomic E-state index is 13.8. The summed E-state index contributed by atoms with van der Waals surface area (Å²) < 4.78 is 16.0. The predicted octanol–water partition coefficient (Wildman–Crippen LogP) is 5.19. The number of ether oxygens (including phenoxy) is 2. The van der Waals surface area contributed by atoms with E-state index >= 15 is 0 Å². The molecule has 0 unspecified atom stereocenters. The highest BCUT2D eigenvalue weighted by Gasteiger charge is 2.44. The van der Waals surface area contributed by atoms with Gasteiger partial charge in [0.1, 0.15) is 22.9 Å². The van der Waals surface area contributed by atoms with E-state index in [1.54, 1.807) is 34.1 Å². The minimum atomic E-state index is -1.02. The zero-order chi connectivity index (χ0) is 29.9. The number of nitrogens with one attached hydrogen (secondary N) is 1. The molecule has 1 saturated heterocycles. The highest BCUT2D eigenvalue weighted by Crippen LogP contribution is 2.43. The van der Waals surface area contributed by atoms with E-state index in [1.165, 1.54) is 0 Å². The second-order valence-electron chi connectivity index (χ2n) is 11.6. The average Bonchev–Trinajstić information content (AvgIpc) is 3.64. The van der Waals surface area contributed by atoms with E-state index in [9.17, 15) is 19.5 Å². The van der Waals surface area contributed by atoms with Crippen molar-refractivity contribution in [3.05, 3.63) is 65.5 Å². The standard InChI is InChI=1S/C32H33N5O6/c1-3-42-27-15-19(14-24-29(27)23(31(40)41)18-37(24)21-5-6-21)30(39)36-12-9-32(10-13-36)17-25(38)22-16-20(4-7-26(22)43-32)34-28-8-11-33-35(28)2/h4,7-8,11,14-16,18,21,34H,3,5-6,9-10,12-13,17H2,1-2H3,(H,40,41). The first kappa shape index (κ1) is 27.1. The first-order valence-corrected chi connectivity index (χ1v) is 14.7. The van der Waals surface area contributed by atoms with Gasteiger partial charge in [-0.3, -0.25) is 14.3 Å². The number of amides is 1. The van der Waals surface area contributed by atoms with Crippen LogP contribution in [0.1, 0.15) is 76.1 Å². The number of likely N-dealkylation sites (tertiary alicyclic amines) is 1. The van der Waals surface area contributed by atoms with Crippen LogP contribution in [-0.2, 0) is 7.05 Å². The molecule has 1 amide bonds. The molecule has 7 rings (SSSR count). The molecule has 2 aromatic heterocycles. The second-order valence-corrected chi connectivity index (χ2v) is 11.6. The van der Waals surface area contributed by atoms with Gasteiger partial charge in [-0.15, -0.1) is 0 Å². The van der Waals surface area contributed by atoms with Crippen LogP contribution in [0.5, 0.6) is 11.5 Å². The van der Waals surface area contributed by atoms with Gasteiger partial charge in [-0.2, -0.15) is 5.10 Å². The van der Waals surface area contributed by atoms with Crippen LogP contribution >= 0.6 is 0 Å². The maximum absolute atomic E-state index is 13.8. The summed E-state index contributed by atoms with van der Waals surface area (Å²) in [6.45, 7) is 3.06. The Kier molecular flexibility index (Phi) is 6.41. The van der Waals surface area contributed by atoms with Crippen LogP contribution in [0.4, 0.5) is 11.5 Å². The van der Waals surface area contributed by atoms with Crippen LogP contribution in [0.15, 0.2) is 48.8 Å². The van der Waals surface area contributed by atoms with E-state index in [4.69, 9.17) is 9.47 Å². The van der Waals surface area contributed by atoms with Crippen LogP contribution in [0.25, 0.3) is 10.9 Å². The Morgan fingerprint density at radius 3 is 2.63 bits per heavy atom. The number of fused-ring (bicyclic) bond motifs is 2. The number of carboxylic acids is 1. The van der Waals surface area contributed by atoms with Crippen molar-refractivity contribution in [1.29, 1.82) is 0 Å². The molecule has 1 saturated carbocycles. The van der Waals surface area contributed by atoms with Gasteiger partial charge in [0.2, 0.25) is 0 Å². The maximum Gasteiger partial charge on any atom is 0.338 e. The van der Waals surface area contributed by atoms with Crippen LogP contribution in [0.2, 0.25) is 0 Å². The van der Waals surface area contributed by atoms with Gasteiger partial charge < -0.3 is 29.4 Å². The van der Waals surface area contributed by atoms with Gasteiger partial charge in [0.25, 0.3) is 5.91 Å². The van der Waals surface area contributed by atoms with Gasteiger partial charge in [-0.25, -0.2) is 4.79 Å². The molecule has 2 N–H and O–H groups in total. The van der Waals surface area contributed by atoms with Crippen LogP contribution in [-0.4, -0.2) is 67.3 Å². The van der Waals surface area contributed by atoms with Gasteiger partial charge in [-0.1, -0.05) is 0 Å². The molecule has 43 heavy (non-hydrogen) atoms. The van der Waals surface area contributed by atoms with E-state index < -0.39 is 11.6 Å². The van der Waals surface area contributed by atoms with E-state index in [2.05, 4.69) is 10.4 Å². The molecule has 2 fully saturated rings. The van der Waals surface area contributed by atoms with E-state index in [0.717, 1.165) is 24.3 Å². The van der Waals surface area contributed by atoms with Crippen molar-refractivity contribution in [2.45, 2.75) is 50.7 Å². The number of carboxylic acid groups (broad SMARTS) is 1. The molecule has 2 aliphatic heterocycles. The largest absolute Gasteiger partial charge is 0.493 e. The topological polar surface area (TPSA) is 128 Å². The molecule has 1 aliphatic carbocycles. The van der Waals surface area contributed by atoms with Crippen molar-refractivity contribution in [3.63, 3.8) is 0 Å². The number of piperidine rings is 1. The van der Waals surface area contributed by atoms with Crippen molar-refractivity contribution in [1.82, 2.24) is 19.2 Å². The highest BCUT2D eigenvalue weighted by atomic mass is 16.5. The number of rotatable bonds is 7. The Labute approximate surface area is 248 Å². The summed E-state index contributed by atoms with van der Waals surface area (Å²) in [5, 5.41) is 17.8. The third-order valence-electron chi connectivity index (χ3n) is 8.76. The second kappa shape index (κ2) is 10.2. The molecule has 0 atom stereocenters. The van der Waals surface area contributed by atoms with Gasteiger partial charge >= 0.3 is 5.97 Å². The summed E-state index contributed by atoms with van der Waals surface area (Å²) in [6, 6.07) is 11.1. The van der Waals surface area contributed by atoms with Crippen LogP contribution < -0.4 is 14.8 Å². The smallest absolute Gasteiger partial charge is 0.338 e. The molecule has 11 heteroatoms. The van der Waals surface area contributed by atoms with Gasteiger partial charge in [0.05, 0.1) is 41.3 Å². The number of carbonyl (C=O) groups excluding carboxylic acids is 2. The van der Waals surface area contributed by atoms with E-state index in [-0.39, 0.29) is 29.7 Å². The normalized spacial score (nSPS) is 17.5. The Balaban J connectivity index is 1.10. The lowest BCUT2D eigenvalue weighted by molar-refractivity contribution is -0.00571. The lowest BCUT2D eigenvalue weighted by atomic mass is 9.82. The number of nitrogens with zero attached hydrogens (tertiary/aromatic N) is 4. The monoisotopic (exact) mass is 583 g/mol. The number of hydrogen-bond donors (Lipinski definition) is 2. The molecular weight excluding hydrogens is 550 g/mol. The number of benzene rings is 2. The van der Waals surface area contributed by atoms with Crippen molar-refractivity contribution >= 4 is 40.1 Å². The number of Topliss-reactive ketones (excluding diaryl/α,β-unsaturated/α-hetero) is 1. The van der Waals surface area contributed by atoms with Crippen molar-refractivity contribution in [2.24, 2.45) is 7.05 Å². The molecule has 3 aliphatic rings. The van der Waals surface area contributed by atoms with Crippen molar-refractivity contribution in [3.8, 4) is 11.5 Å². The summed E-state index contributed by atoms with van der Waals surface area (Å²) in [6.07, 6.45) is 6.63. The number of hydrogen-bond acceptors (Lipinski definition) is 7. The quantitative estimate of drug-likeness (QED) is 0.304. The SMILES string of the molecule is CCOc1cc(C(=O)N2CCC3(CC2)CC(=O)c2cc(Nc4ccnn4C)ccc2O3)cc2c1c(C(=O)O)cn2C1CC1. The zero-order valence-corrected chi connectivity index (χ0v) is 24.1. The first-order chi connectivity index (χ1) is 20.7. The number of aromatic carboxylic acids is 1. The number of aryl methyl sites for hydroxylation is 1. The number of ketones is 1. The Morgan fingerprint density at radius 2 is 1.95 bits per heavy atom. The number of anilines is 2. The lowest BCUT2D eigenvalue weighted by Gasteiger charge is -2.44. The fraction of sp³-hybridized carbons (Fsp3) is 0.375. The highest BCUT2D eigenvalue weighted by molar-refractivity contribution is 6.09. The van der Waals surface area contributed by atoms with Crippen LogP contribution in [0, 0.1) is 0 Å². The van der Waals surface area contributed by atoms with E-state index in [1.807, 2.05) is 42.8 Å². The minimum Gasteiger partial charge on any atom is -0.493 e. The summed E-state index contributed by atoms with van der Waals surface area (Å²) in [5.41, 5.74) is 2.02. The van der Waals surface area contributed by atoms with Crippen molar-refractivity contribution < 1.29 is 29.0 Å². The lowest BCUT2D eigenvalue weighted by Crippen LogP contribution is -2.52.